The van der Waals surface area contributed by atoms with Crippen LogP contribution in [0.5, 0.6) is 5.75 Å². The monoisotopic (exact) mass is 351 g/mol. The Bertz CT molecular complexity index is 678. The number of anilines is 1. The van der Waals surface area contributed by atoms with E-state index in [2.05, 4.69) is 26.3 Å². The Hall–Kier alpha value is -1.82. The van der Waals surface area contributed by atoms with E-state index in [9.17, 15) is 4.79 Å². The normalized spacial score (nSPS) is 10.5. The summed E-state index contributed by atoms with van der Waals surface area (Å²) in [6.07, 6.45) is 1.62. The average molecular weight is 352 g/mol. The van der Waals surface area contributed by atoms with E-state index < -0.39 is 0 Å². The quantitative estimate of drug-likeness (QED) is 0.841. The van der Waals surface area contributed by atoms with Gasteiger partial charge in [-0.3, -0.25) is 4.79 Å². The molecule has 5 nitrogen and oxygen atoms in total. The van der Waals surface area contributed by atoms with Crippen LogP contribution in [0.25, 0.3) is 0 Å². The number of rotatable bonds is 5. The van der Waals surface area contributed by atoms with Gasteiger partial charge in [-0.1, -0.05) is 18.2 Å². The van der Waals surface area contributed by atoms with Crippen molar-refractivity contribution in [3.8, 4) is 5.75 Å². The molecule has 0 saturated carbocycles. The van der Waals surface area contributed by atoms with Gasteiger partial charge in [0.15, 0.2) is 0 Å². The fraction of sp³-hybridized carbons (Fsp3) is 0.333. The van der Waals surface area contributed by atoms with Crippen molar-refractivity contribution in [3.63, 3.8) is 0 Å². The van der Waals surface area contributed by atoms with Gasteiger partial charge in [0.1, 0.15) is 16.8 Å². The summed E-state index contributed by atoms with van der Waals surface area (Å²) in [5, 5.41) is 7.12. The molecule has 0 aliphatic heterocycles. The Morgan fingerprint density at radius 2 is 2.00 bits per heavy atom. The molecule has 0 amide bonds. The zero-order chi connectivity index (χ0) is 15.4. The zero-order valence-corrected chi connectivity index (χ0v) is 13.9. The van der Waals surface area contributed by atoms with Crippen molar-refractivity contribution >= 4 is 21.6 Å². The number of hydrogen-bond acceptors (Lipinski definition) is 4. The van der Waals surface area contributed by atoms with Crippen molar-refractivity contribution in [2.24, 2.45) is 7.05 Å². The lowest BCUT2D eigenvalue weighted by Gasteiger charge is -2.13. The van der Waals surface area contributed by atoms with Crippen LogP contribution in [0, 0.1) is 13.8 Å². The first-order valence-corrected chi connectivity index (χ1v) is 7.44. The molecule has 2 aromatic rings. The van der Waals surface area contributed by atoms with E-state index in [1.165, 1.54) is 4.68 Å². The molecular weight excluding hydrogens is 334 g/mol. The maximum Gasteiger partial charge on any atom is 0.282 e. The Kier molecular flexibility index (Phi) is 5.01. The van der Waals surface area contributed by atoms with Crippen molar-refractivity contribution < 1.29 is 4.74 Å². The molecule has 0 fully saturated rings. The largest absolute Gasteiger partial charge is 0.491 e. The number of aromatic nitrogens is 2. The zero-order valence-electron chi connectivity index (χ0n) is 12.3. The van der Waals surface area contributed by atoms with Crippen LogP contribution in [0.3, 0.4) is 0 Å². The number of hydrogen-bond donors (Lipinski definition) is 1. The third kappa shape index (κ3) is 3.64. The van der Waals surface area contributed by atoms with Crippen LogP contribution in [0.1, 0.15) is 11.1 Å². The highest BCUT2D eigenvalue weighted by molar-refractivity contribution is 9.10. The van der Waals surface area contributed by atoms with Gasteiger partial charge < -0.3 is 10.1 Å². The summed E-state index contributed by atoms with van der Waals surface area (Å²) >= 11 is 3.27. The third-order valence-corrected chi connectivity index (χ3v) is 3.92. The Morgan fingerprint density at radius 1 is 1.33 bits per heavy atom. The minimum absolute atomic E-state index is 0.171. The molecule has 6 heteroatoms. The number of nitrogens with zero attached hydrogens (tertiary/aromatic N) is 2. The molecule has 1 heterocycles. The predicted octanol–water partition coefficient (Wildman–Crippen LogP) is 2.65. The van der Waals surface area contributed by atoms with E-state index in [0.717, 1.165) is 16.9 Å². The van der Waals surface area contributed by atoms with E-state index in [-0.39, 0.29) is 5.56 Å². The molecular formula is C15H18BrN3O2. The predicted molar refractivity (Wildman–Crippen MR) is 87.1 cm³/mol. The van der Waals surface area contributed by atoms with Crippen LogP contribution >= 0.6 is 15.9 Å². The lowest BCUT2D eigenvalue weighted by atomic mass is 10.1. The maximum atomic E-state index is 11.7. The Labute approximate surface area is 132 Å². The van der Waals surface area contributed by atoms with E-state index in [0.29, 0.717) is 23.3 Å². The second-order valence-electron chi connectivity index (χ2n) is 4.80. The first kappa shape index (κ1) is 15.6. The second kappa shape index (κ2) is 6.76. The van der Waals surface area contributed by atoms with E-state index >= 15 is 0 Å². The van der Waals surface area contributed by atoms with Crippen LogP contribution in [-0.2, 0) is 7.05 Å². The number of benzene rings is 1. The molecule has 1 aromatic heterocycles. The van der Waals surface area contributed by atoms with Gasteiger partial charge in [0.05, 0.1) is 11.9 Å². The number of para-hydroxylation sites is 1. The maximum absolute atomic E-state index is 11.7. The first-order valence-electron chi connectivity index (χ1n) is 6.65. The van der Waals surface area contributed by atoms with Gasteiger partial charge in [0.25, 0.3) is 5.56 Å². The van der Waals surface area contributed by atoms with Gasteiger partial charge in [-0.05, 0) is 40.9 Å². The minimum Gasteiger partial charge on any atom is -0.491 e. The molecule has 1 N–H and O–H groups in total. The van der Waals surface area contributed by atoms with Crippen LogP contribution in [0.2, 0.25) is 0 Å². The number of nitrogens with one attached hydrogen (secondary N) is 1. The Balaban J connectivity index is 1.94. The van der Waals surface area contributed by atoms with Crippen LogP contribution in [0.15, 0.2) is 33.7 Å². The SMILES string of the molecule is Cc1cccc(C)c1OCCNc1cnn(C)c(=O)c1Br. The minimum atomic E-state index is -0.171. The number of aryl methyl sites for hydroxylation is 3. The highest BCUT2D eigenvalue weighted by atomic mass is 79.9. The summed E-state index contributed by atoms with van der Waals surface area (Å²) in [6.45, 7) is 5.14. The highest BCUT2D eigenvalue weighted by Gasteiger charge is 2.07. The van der Waals surface area contributed by atoms with E-state index in [4.69, 9.17) is 4.74 Å². The van der Waals surface area contributed by atoms with Gasteiger partial charge in [-0.2, -0.15) is 5.10 Å². The molecule has 0 aliphatic carbocycles. The van der Waals surface area contributed by atoms with Gasteiger partial charge in [0.2, 0.25) is 0 Å². The summed E-state index contributed by atoms with van der Waals surface area (Å²) in [5.41, 5.74) is 2.73. The van der Waals surface area contributed by atoms with Crippen LogP contribution < -0.4 is 15.6 Å². The molecule has 21 heavy (non-hydrogen) atoms. The van der Waals surface area contributed by atoms with Gasteiger partial charge >= 0.3 is 0 Å². The van der Waals surface area contributed by atoms with Crippen LogP contribution in [-0.4, -0.2) is 22.9 Å². The Morgan fingerprint density at radius 3 is 2.67 bits per heavy atom. The van der Waals surface area contributed by atoms with E-state index in [1.54, 1.807) is 13.2 Å². The molecule has 112 valence electrons. The fourth-order valence-electron chi connectivity index (χ4n) is 2.00. The number of ether oxygens (including phenoxy) is 1. The lowest BCUT2D eigenvalue weighted by molar-refractivity contribution is 0.328. The smallest absolute Gasteiger partial charge is 0.282 e. The molecule has 0 aliphatic rings. The van der Waals surface area contributed by atoms with Crippen LogP contribution in [0.4, 0.5) is 5.69 Å². The molecule has 0 saturated heterocycles. The van der Waals surface area contributed by atoms with Crippen molar-refractivity contribution in [1.82, 2.24) is 9.78 Å². The standard InChI is InChI=1S/C15H18BrN3O2/c1-10-5-4-6-11(2)14(10)21-8-7-17-12-9-18-19(3)15(20)13(12)16/h4-6,9,17H,7-8H2,1-3H3. The van der Waals surface area contributed by atoms with Gasteiger partial charge in [-0.15, -0.1) is 0 Å². The van der Waals surface area contributed by atoms with Gasteiger partial charge in [-0.25, -0.2) is 4.68 Å². The van der Waals surface area contributed by atoms with E-state index in [1.807, 2.05) is 32.0 Å². The molecule has 0 unspecified atom stereocenters. The molecule has 1 aromatic carbocycles. The fourth-order valence-corrected chi connectivity index (χ4v) is 2.50. The molecule has 2 rings (SSSR count). The van der Waals surface area contributed by atoms with Crippen molar-refractivity contribution in [1.29, 1.82) is 0 Å². The highest BCUT2D eigenvalue weighted by Crippen LogP contribution is 2.22. The average Bonchev–Trinajstić information content (AvgIpc) is 2.45. The molecule has 0 bridgehead atoms. The summed E-state index contributed by atoms with van der Waals surface area (Å²) < 4.78 is 7.56. The molecule has 0 radical (unpaired) electrons. The first-order chi connectivity index (χ1) is 10.0. The van der Waals surface area contributed by atoms with Crippen molar-refractivity contribution in [2.45, 2.75) is 13.8 Å². The molecule has 0 atom stereocenters. The summed E-state index contributed by atoms with van der Waals surface area (Å²) in [6, 6.07) is 6.06. The van der Waals surface area contributed by atoms with Crippen molar-refractivity contribution in [2.75, 3.05) is 18.5 Å². The van der Waals surface area contributed by atoms with Crippen molar-refractivity contribution in [3.05, 3.63) is 50.3 Å². The van der Waals surface area contributed by atoms with Gasteiger partial charge in [0, 0.05) is 13.6 Å². The second-order valence-corrected chi connectivity index (χ2v) is 5.59. The third-order valence-electron chi connectivity index (χ3n) is 3.15. The summed E-state index contributed by atoms with van der Waals surface area (Å²) in [4.78, 5) is 11.7. The lowest BCUT2D eigenvalue weighted by Crippen LogP contribution is -2.22. The number of halogens is 1. The summed E-state index contributed by atoms with van der Waals surface area (Å²) in [5.74, 6) is 0.917. The topological polar surface area (TPSA) is 56.1 Å². The summed E-state index contributed by atoms with van der Waals surface area (Å²) in [7, 11) is 1.61. The molecule has 0 spiro atoms.